The lowest BCUT2D eigenvalue weighted by atomic mass is 9.94. The van der Waals surface area contributed by atoms with Crippen molar-refractivity contribution in [2.24, 2.45) is 5.92 Å². The molecule has 4 fully saturated rings. The van der Waals surface area contributed by atoms with Crippen molar-refractivity contribution in [1.29, 1.82) is 5.26 Å². The number of aryl methyl sites for hydroxylation is 1. The van der Waals surface area contributed by atoms with Crippen LogP contribution < -0.4 is 30.1 Å². The summed E-state index contributed by atoms with van der Waals surface area (Å²) < 4.78 is 81.3. The van der Waals surface area contributed by atoms with Gasteiger partial charge in [0.05, 0.1) is 40.1 Å². The van der Waals surface area contributed by atoms with Crippen LogP contribution in [0.5, 0.6) is 11.5 Å². The molecule has 5 aromatic rings. The highest BCUT2D eigenvalue weighted by Gasteiger charge is 2.42. The third-order valence-corrected chi connectivity index (χ3v) is 15.6. The molecule has 2 N–H and O–H groups in total. The molecule has 70 heavy (non-hydrogen) atoms. The molecule has 364 valence electrons. The minimum Gasteiger partial charge on any atom is -0.453 e. The predicted molar refractivity (Wildman–Crippen MR) is 253 cm³/mol. The summed E-state index contributed by atoms with van der Waals surface area (Å²) in [6, 6.07) is 16.7. The summed E-state index contributed by atoms with van der Waals surface area (Å²) in [5, 5.41) is 12.4. The van der Waals surface area contributed by atoms with E-state index in [1.165, 1.54) is 34.0 Å². The van der Waals surface area contributed by atoms with Crippen molar-refractivity contribution >= 4 is 55.9 Å². The lowest BCUT2D eigenvalue weighted by molar-refractivity contribution is -0.136. The van der Waals surface area contributed by atoms with Crippen molar-refractivity contribution < 1.29 is 40.7 Å². The summed E-state index contributed by atoms with van der Waals surface area (Å²) in [7, 11) is -4.25. The smallest absolute Gasteiger partial charge is 0.301 e. The molecule has 3 amide bonds. The number of nitrogens with zero attached hydrogens (tertiary/aromatic N) is 8. The van der Waals surface area contributed by atoms with Gasteiger partial charge in [-0.25, -0.2) is 18.2 Å². The Morgan fingerprint density at radius 2 is 1.63 bits per heavy atom. The number of rotatable bonds is 11. The fraction of sp³-hybridized carbons (Fsp3) is 0.388. The number of benzene rings is 4. The summed E-state index contributed by atoms with van der Waals surface area (Å²) in [6.07, 6.45) is 2.26. The number of fused-ring (bicyclic) bond motifs is 2. The molecule has 5 aliphatic rings. The quantitative estimate of drug-likeness (QED) is 0.166. The van der Waals surface area contributed by atoms with Gasteiger partial charge in [-0.3, -0.25) is 38.7 Å². The maximum absolute atomic E-state index is 16.2. The largest absolute Gasteiger partial charge is 0.453 e. The Bertz CT molecular complexity index is 3150. The zero-order valence-corrected chi connectivity index (χ0v) is 39.0. The van der Waals surface area contributed by atoms with Gasteiger partial charge >= 0.3 is 10.2 Å². The second-order valence-corrected chi connectivity index (χ2v) is 20.1. The van der Waals surface area contributed by atoms with Crippen molar-refractivity contribution in [2.75, 3.05) is 73.4 Å². The summed E-state index contributed by atoms with van der Waals surface area (Å²) in [6.45, 7) is 7.00. The third kappa shape index (κ3) is 8.90. The molecule has 2 atom stereocenters. The number of nitriles is 1. The van der Waals surface area contributed by atoms with Crippen LogP contribution in [0.2, 0.25) is 0 Å². The number of carbonyl (C=O) groups excluding carboxylic acids is 3. The van der Waals surface area contributed by atoms with Crippen molar-refractivity contribution in [2.45, 2.75) is 57.8 Å². The maximum Gasteiger partial charge on any atom is 0.301 e. The van der Waals surface area contributed by atoms with E-state index in [2.05, 4.69) is 29.7 Å². The molecule has 0 radical (unpaired) electrons. The van der Waals surface area contributed by atoms with Gasteiger partial charge in [-0.05, 0) is 105 Å². The average Bonchev–Trinajstić information content (AvgIpc) is 3.96. The molecule has 4 aromatic carbocycles. The van der Waals surface area contributed by atoms with Gasteiger partial charge in [-0.2, -0.15) is 18.0 Å². The van der Waals surface area contributed by atoms with Crippen LogP contribution in [0.1, 0.15) is 59.2 Å². The molecule has 10 rings (SSSR count). The highest BCUT2D eigenvalue weighted by Crippen LogP contribution is 2.38. The number of hydrogen-bond acceptors (Lipinski definition) is 12. The Kier molecular flexibility index (Phi) is 12.5. The predicted octanol–water partition coefficient (Wildman–Crippen LogP) is 5.14. The van der Waals surface area contributed by atoms with E-state index >= 15 is 8.78 Å². The Hall–Kier alpha value is -7.02. The number of hydrogen-bond donors (Lipinski definition) is 2. The van der Waals surface area contributed by atoms with E-state index in [0.717, 1.165) is 67.7 Å². The van der Waals surface area contributed by atoms with E-state index in [-0.39, 0.29) is 67.5 Å². The molecule has 1 aromatic heterocycles. The van der Waals surface area contributed by atoms with Gasteiger partial charge in [-0.1, -0.05) is 0 Å². The van der Waals surface area contributed by atoms with Gasteiger partial charge in [0.25, 0.3) is 11.5 Å². The molecule has 5 aliphatic heterocycles. The van der Waals surface area contributed by atoms with Crippen LogP contribution in [0.4, 0.5) is 30.2 Å². The summed E-state index contributed by atoms with van der Waals surface area (Å²) in [5.41, 5.74) is 2.55. The fourth-order valence-corrected chi connectivity index (χ4v) is 11.6. The monoisotopic (exact) mass is 978 g/mol. The number of aromatic nitrogens is 2. The summed E-state index contributed by atoms with van der Waals surface area (Å²) in [4.78, 5) is 64.2. The van der Waals surface area contributed by atoms with E-state index in [1.807, 2.05) is 24.3 Å². The van der Waals surface area contributed by atoms with Crippen molar-refractivity contribution in [3.8, 4) is 23.3 Å². The van der Waals surface area contributed by atoms with Crippen molar-refractivity contribution in [3.05, 3.63) is 111 Å². The third-order valence-electron chi connectivity index (χ3n) is 14.1. The lowest BCUT2D eigenvalue weighted by Gasteiger charge is -2.40. The van der Waals surface area contributed by atoms with Gasteiger partial charge < -0.3 is 19.4 Å². The molecule has 21 heteroatoms. The number of halogens is 3. The number of piperazine rings is 1. The first-order valence-electron chi connectivity index (χ1n) is 23.3. The zero-order valence-electron chi connectivity index (χ0n) is 38.2. The number of carbonyl (C=O) groups is 3. The average molecular weight is 979 g/mol. The van der Waals surface area contributed by atoms with E-state index in [9.17, 15) is 37.2 Å². The van der Waals surface area contributed by atoms with Crippen LogP contribution in [-0.2, 0) is 26.3 Å². The number of alkyl halides is 1. The number of amides is 3. The number of anilines is 3. The number of imide groups is 1. The molecule has 1 unspecified atom stereocenters. The molecule has 17 nitrogen and oxygen atoms in total. The second-order valence-electron chi connectivity index (χ2n) is 18.5. The summed E-state index contributed by atoms with van der Waals surface area (Å²) >= 11 is 0. The molecule has 6 heterocycles. The second kappa shape index (κ2) is 18.7. The van der Waals surface area contributed by atoms with Crippen molar-refractivity contribution in [1.82, 2.24) is 29.0 Å². The molecule has 0 spiro atoms. The highest BCUT2D eigenvalue weighted by atomic mass is 32.2. The molecule has 0 saturated carbocycles. The Morgan fingerprint density at radius 1 is 0.886 bits per heavy atom. The molecule has 0 aliphatic carbocycles. The summed E-state index contributed by atoms with van der Waals surface area (Å²) in [5.74, 6) is -2.76. The van der Waals surface area contributed by atoms with Gasteiger partial charge in [0, 0.05) is 76.6 Å². The molecular formula is C49H49F3N10O7S. The number of ether oxygens (including phenoxy) is 1. The van der Waals surface area contributed by atoms with E-state index in [0.29, 0.717) is 52.6 Å². The Balaban J connectivity index is 0.743. The van der Waals surface area contributed by atoms with Gasteiger partial charge in [-0.15, -0.1) is 0 Å². The molecular weight excluding hydrogens is 930 g/mol. The number of nitrogens with one attached hydrogen (secondary N) is 2. The lowest BCUT2D eigenvalue weighted by Crippen LogP contribution is -2.52. The van der Waals surface area contributed by atoms with Gasteiger partial charge in [0.15, 0.2) is 17.4 Å². The first kappa shape index (κ1) is 46.7. The van der Waals surface area contributed by atoms with Gasteiger partial charge in [0.2, 0.25) is 11.8 Å². The number of piperidine rings is 2. The topological polar surface area (TPSA) is 194 Å². The first-order chi connectivity index (χ1) is 33.6. The van der Waals surface area contributed by atoms with Crippen LogP contribution in [0.15, 0.2) is 71.8 Å². The molecule has 0 bridgehead atoms. The Morgan fingerprint density at radius 3 is 2.33 bits per heavy atom. The van der Waals surface area contributed by atoms with E-state index < -0.39 is 56.8 Å². The first-order valence-corrected chi connectivity index (χ1v) is 24.7. The molecule has 4 saturated heterocycles. The van der Waals surface area contributed by atoms with Crippen LogP contribution in [0, 0.1) is 35.8 Å². The Labute approximate surface area is 401 Å². The standard InChI is InChI=1S/C49H49F3N10O7S/c1-29-22-42(45(52)37-27-61(49(66)44(29)37)41-10-11-43(63)55-47(41)64)59-15-12-30(13-16-59)25-57-18-20-58(21-19-57)32-2-4-33(5-3-32)62-28-54-39-8-6-34(23-35(39)48(62)65)69-46-36(24-53)40(9-7-38(46)51)56-70(67,68)60-17-14-31(50)26-60/h2-9,22-23,28,30-31,41,56H,10-21,25-27H2,1H3,(H,55,63,64)/t31-,41?/m1/s1. The van der Waals surface area contributed by atoms with Crippen LogP contribution in [0.25, 0.3) is 16.6 Å². The van der Waals surface area contributed by atoms with Crippen molar-refractivity contribution in [3.63, 3.8) is 0 Å². The fourth-order valence-electron chi connectivity index (χ4n) is 10.3. The minimum atomic E-state index is -4.25. The zero-order chi connectivity index (χ0) is 49.0. The highest BCUT2D eigenvalue weighted by molar-refractivity contribution is 7.90. The van der Waals surface area contributed by atoms with Gasteiger partial charge in [0.1, 0.15) is 35.9 Å². The minimum absolute atomic E-state index is 0.00204. The van der Waals surface area contributed by atoms with E-state index in [1.54, 1.807) is 19.1 Å². The maximum atomic E-state index is 16.2. The van der Waals surface area contributed by atoms with E-state index in [4.69, 9.17) is 4.74 Å². The SMILES string of the molecule is Cc1cc(N2CCC(CN3CCN(c4ccc(-n5cnc6ccc(Oc7c(F)ccc(NS(=O)(=O)N8CC[C@@H](F)C8)c7C#N)cc6c5=O)cc4)CC3)CC2)c(F)c2c1C(=O)N(C1CCC(=O)NC1=O)C2. The van der Waals surface area contributed by atoms with Crippen LogP contribution in [0.3, 0.4) is 0 Å². The van der Waals surface area contributed by atoms with Crippen LogP contribution in [-0.4, -0.2) is 121 Å². The normalized spacial score (nSPS) is 20.5. The van der Waals surface area contributed by atoms with Crippen LogP contribution >= 0.6 is 0 Å².